The number of hydrogen-bond acceptors (Lipinski definition) is 5. The molecule has 0 saturated carbocycles. The van der Waals surface area contributed by atoms with Crippen LogP contribution >= 0.6 is 0 Å². The number of quaternary nitrogens is 4. The molecule has 0 aliphatic heterocycles. The van der Waals surface area contributed by atoms with Crippen LogP contribution in [0.15, 0.2) is 0 Å². The third-order valence-electron chi connectivity index (χ3n) is 0. The van der Waals surface area contributed by atoms with Gasteiger partial charge in [0.1, 0.15) is 0 Å². The summed E-state index contributed by atoms with van der Waals surface area (Å²) in [6.07, 6.45) is 0. The second-order valence-corrected chi connectivity index (χ2v) is 1.36. The molecule has 140 valence electrons. The van der Waals surface area contributed by atoms with Crippen molar-refractivity contribution in [3.8, 4) is 0 Å². The first kappa shape index (κ1) is 50.0. The molecule has 0 aliphatic rings. The van der Waals surface area contributed by atoms with E-state index in [0.29, 0.717) is 0 Å². The lowest BCUT2D eigenvalue weighted by molar-refractivity contribution is -0.362. The van der Waals surface area contributed by atoms with Crippen molar-refractivity contribution in [1.82, 2.24) is 0 Å². The van der Waals surface area contributed by atoms with Crippen LogP contribution in [0.2, 0.25) is 0 Å². The van der Waals surface area contributed by atoms with Gasteiger partial charge in [0.15, 0.2) is 0 Å². The van der Waals surface area contributed by atoms with Crippen LogP contribution in [0.1, 0.15) is 27.7 Å². The van der Waals surface area contributed by atoms with Gasteiger partial charge in [-0.05, 0) is 6.92 Å². The number of carboxylic acids is 1. The lowest BCUT2D eigenvalue weighted by atomic mass is 10.9. The van der Waals surface area contributed by atoms with Gasteiger partial charge in [0.2, 0.25) is 0 Å². The van der Waals surface area contributed by atoms with Crippen molar-refractivity contribution in [2.24, 2.45) is 0 Å². The first-order valence-corrected chi connectivity index (χ1v) is 6.72. The Morgan fingerprint density at radius 1 is 0.667 bits per heavy atom. The molecule has 0 atom stereocenters. The van der Waals surface area contributed by atoms with Gasteiger partial charge in [-0.3, -0.25) is 0 Å². The number of carbonyl (C=O) groups excluding carboxylic acids is 1. The van der Waals surface area contributed by atoms with Crippen molar-refractivity contribution in [3.05, 3.63) is 0 Å². The van der Waals surface area contributed by atoms with Crippen molar-refractivity contribution in [2.75, 3.05) is 48.0 Å². The molecule has 0 amide bonds. The Morgan fingerprint density at radius 3 is 0.667 bits per heavy atom. The molecule has 0 aromatic carbocycles. The predicted molar refractivity (Wildman–Crippen MR) is 77.6 cm³/mol. The molecule has 9 nitrogen and oxygen atoms in total. The number of carbonyl (C=O) groups is 1. The maximum absolute atomic E-state index is 8.93. The topological polar surface area (TPSA) is 220 Å². The maximum atomic E-state index is 8.93. The minimum absolute atomic E-state index is 0. The lowest BCUT2D eigenvalue weighted by Gasteiger charge is -1.79. The maximum Gasteiger partial charge on any atom is 0.0634 e. The van der Waals surface area contributed by atoms with Crippen molar-refractivity contribution in [2.45, 2.75) is 27.7 Å². The van der Waals surface area contributed by atoms with Gasteiger partial charge in [-0.25, -0.2) is 0 Å². The smallest absolute Gasteiger partial charge is 0.0634 e. The zero-order valence-corrected chi connectivity index (χ0v) is 15.5. The Hall–Kier alpha value is -0.810. The van der Waals surface area contributed by atoms with Crippen molar-refractivity contribution in [1.29, 1.82) is 0 Å². The minimum atomic E-state index is -1.08. The number of carboxylic acid groups (broad SMARTS) is 1. The second-order valence-electron chi connectivity index (χ2n) is 1.36. The summed E-state index contributed by atoms with van der Waals surface area (Å²) in [4.78, 5) is 8.89. The van der Waals surface area contributed by atoms with Gasteiger partial charge in [0.25, 0.3) is 0 Å². The van der Waals surface area contributed by atoms with Crippen molar-refractivity contribution < 1.29 is 48.2 Å². The lowest BCUT2D eigenvalue weighted by Crippen LogP contribution is -2.40. The summed E-state index contributed by atoms with van der Waals surface area (Å²) in [6.45, 7) is 5.68. The molecular formula is C12H42N4O5. The monoisotopic (exact) mass is 322 g/mol. The highest BCUT2D eigenvalue weighted by atomic mass is 16.4. The van der Waals surface area contributed by atoms with Gasteiger partial charge in [-0.2, -0.15) is 0 Å². The molecule has 0 aromatic rings. The number of rotatable bonds is 0. The quantitative estimate of drug-likeness (QED) is 0.340. The van der Waals surface area contributed by atoms with E-state index in [4.69, 9.17) is 25.2 Å². The predicted octanol–water partition coefficient (Wildman–Crippen LogP) is -7.71. The fraction of sp³-hybridized carbons (Fsp3) is 0.917. The zero-order chi connectivity index (χ0) is 19.7. The highest BCUT2D eigenvalue weighted by Crippen LogP contribution is 1.31. The van der Waals surface area contributed by atoms with Gasteiger partial charge in [0.05, 0.1) is 28.2 Å². The molecule has 0 heterocycles. The van der Waals surface area contributed by atoms with Crippen molar-refractivity contribution >= 4 is 5.97 Å². The molecule has 0 radical (unpaired) electrons. The summed E-state index contributed by atoms with van der Waals surface area (Å²) in [7, 11) is 7.00. The highest BCUT2D eigenvalue weighted by Gasteiger charge is 1.46. The second kappa shape index (κ2) is 236. The average molecular weight is 322 g/mol. The normalized spacial score (nSPS) is 4.90. The number of aliphatic carboxylic acids is 1. The van der Waals surface area contributed by atoms with Crippen molar-refractivity contribution in [3.63, 3.8) is 0 Å². The highest BCUT2D eigenvalue weighted by molar-refractivity contribution is 5.60. The molecule has 0 spiro atoms. The molecule has 0 unspecified atom stereocenters. The summed E-state index contributed by atoms with van der Waals surface area (Å²) in [5.41, 5.74) is 13.0. The van der Waals surface area contributed by atoms with E-state index in [9.17, 15) is 0 Å². The van der Waals surface area contributed by atoms with Gasteiger partial charge >= 0.3 is 0 Å². The third-order valence-corrected chi connectivity index (χ3v) is 0. The van der Waals surface area contributed by atoms with E-state index in [2.05, 4.69) is 22.9 Å². The minimum Gasteiger partial charge on any atom is -0.855 e. The Balaban J connectivity index is -0.0000000156. The third kappa shape index (κ3) is 8640. The van der Waals surface area contributed by atoms with Gasteiger partial charge < -0.3 is 48.2 Å². The average Bonchev–Trinajstić information content (AvgIpc) is 2.49. The van der Waals surface area contributed by atoms with E-state index in [-0.39, 0.29) is 19.8 Å². The summed E-state index contributed by atoms with van der Waals surface area (Å²) >= 11 is 0. The van der Waals surface area contributed by atoms with Crippen LogP contribution in [0.25, 0.3) is 0 Å². The molecule has 0 rings (SSSR count). The van der Waals surface area contributed by atoms with E-state index in [1.165, 1.54) is 0 Å². The molecule has 0 bridgehead atoms. The van der Waals surface area contributed by atoms with Crippen LogP contribution in [0, 0.1) is 0 Å². The standard InChI is InChI=1S/C2H4O2.3C2H5O.4CH5N/c1-2(3)4;3*1-2-3;4*1-2/h1H3,(H,3,4);3*2H2,1H3;4*2H2,1H3/q;3*-1;;;;/p+3. The van der Waals surface area contributed by atoms with Crippen LogP contribution in [-0.2, 0) is 4.79 Å². The Labute approximate surface area is 130 Å². The van der Waals surface area contributed by atoms with E-state index < -0.39 is 5.97 Å². The summed E-state index contributed by atoms with van der Waals surface area (Å²) in [5.74, 6) is -1.08. The molecule has 0 fully saturated rings. The Bertz CT molecular complexity index is 73.9. The zero-order valence-electron chi connectivity index (χ0n) is 15.5. The van der Waals surface area contributed by atoms with Gasteiger partial charge in [-0.1, -0.05) is 20.8 Å². The van der Waals surface area contributed by atoms with Crippen LogP contribution < -0.4 is 43.4 Å². The Kier molecular flexibility index (Phi) is 562. The fourth-order valence-corrected chi connectivity index (χ4v) is 0. The molecule has 21 heavy (non-hydrogen) atoms. The molecule has 9 heteroatoms. The fourth-order valence-electron chi connectivity index (χ4n) is 0. The molecule has 12 N–H and O–H groups in total. The SMILES string of the molecule is CC(=O)[O-].CC[O-].CC[O-].CC[O-].C[NH3+].C[NH3+].C[NH3+].C[NH3+]. The number of hydrogen-bond donors (Lipinski definition) is 4. The molecule has 0 saturated heterocycles. The van der Waals surface area contributed by atoms with E-state index in [0.717, 1.165) is 6.92 Å². The van der Waals surface area contributed by atoms with Crippen LogP contribution in [0.3, 0.4) is 0 Å². The van der Waals surface area contributed by atoms with Gasteiger partial charge in [-0.15, -0.1) is 19.8 Å². The van der Waals surface area contributed by atoms with Crippen LogP contribution in [-0.4, -0.2) is 54.0 Å². The summed E-state index contributed by atoms with van der Waals surface area (Å²) in [5, 5.41) is 35.7. The molecule has 0 aromatic heterocycles. The first-order chi connectivity index (χ1) is 9.97. The van der Waals surface area contributed by atoms with Gasteiger partial charge in [0, 0.05) is 5.97 Å². The van der Waals surface area contributed by atoms with Crippen LogP contribution in [0.4, 0.5) is 0 Å². The summed E-state index contributed by atoms with van der Waals surface area (Å²) in [6, 6.07) is 0. The Morgan fingerprint density at radius 2 is 0.667 bits per heavy atom. The largest absolute Gasteiger partial charge is 0.855 e. The summed E-state index contributed by atoms with van der Waals surface area (Å²) < 4.78 is 0. The van der Waals surface area contributed by atoms with E-state index in [1.54, 1.807) is 49.0 Å². The van der Waals surface area contributed by atoms with E-state index >= 15 is 0 Å². The van der Waals surface area contributed by atoms with E-state index in [1.807, 2.05) is 0 Å². The molecule has 0 aliphatic carbocycles. The molecular weight excluding hydrogens is 280 g/mol. The van der Waals surface area contributed by atoms with Crippen LogP contribution in [0.5, 0.6) is 0 Å². The first-order valence-electron chi connectivity index (χ1n) is 6.72.